The Balaban J connectivity index is 1.72. The van der Waals surface area contributed by atoms with Gasteiger partial charge >= 0.3 is 0 Å². The van der Waals surface area contributed by atoms with E-state index in [9.17, 15) is 8.42 Å². The van der Waals surface area contributed by atoms with E-state index in [4.69, 9.17) is 4.74 Å². The largest absolute Gasteiger partial charge is 0.377 e. The number of ether oxygens (including phenoxy) is 1. The fourth-order valence-electron chi connectivity index (χ4n) is 2.99. The molecular formula is C17H19N5O3S. The summed E-state index contributed by atoms with van der Waals surface area (Å²) in [6, 6.07) is 4.01. The first-order chi connectivity index (χ1) is 12.5. The lowest BCUT2D eigenvalue weighted by atomic mass is 10.2. The van der Waals surface area contributed by atoms with Gasteiger partial charge in [0.2, 0.25) is 5.95 Å². The third kappa shape index (κ3) is 3.40. The molecule has 0 radical (unpaired) electrons. The summed E-state index contributed by atoms with van der Waals surface area (Å²) in [7, 11) is -3.15. The highest BCUT2D eigenvalue weighted by molar-refractivity contribution is 7.94. The van der Waals surface area contributed by atoms with Crippen LogP contribution in [0.15, 0.2) is 41.6 Å². The van der Waals surface area contributed by atoms with Crippen LogP contribution in [0.5, 0.6) is 0 Å². The van der Waals surface area contributed by atoms with Crippen molar-refractivity contribution in [2.75, 3.05) is 35.7 Å². The van der Waals surface area contributed by atoms with Crippen LogP contribution in [0.3, 0.4) is 0 Å². The van der Waals surface area contributed by atoms with Gasteiger partial charge in [0, 0.05) is 23.8 Å². The number of sulfone groups is 1. The maximum atomic E-state index is 11.5. The SMILES string of the molecule is C[C@H]1COCCN1c1nc(NC2=CCS(=O)(=O)C=C2)nc2ncccc12. The van der Waals surface area contributed by atoms with Crippen molar-refractivity contribution < 1.29 is 13.2 Å². The highest BCUT2D eigenvalue weighted by Crippen LogP contribution is 2.27. The predicted octanol–water partition coefficient (Wildman–Crippen LogP) is 1.49. The summed E-state index contributed by atoms with van der Waals surface area (Å²) < 4.78 is 28.5. The Hall–Kier alpha value is -2.52. The minimum atomic E-state index is -3.15. The molecule has 2 aliphatic heterocycles. The van der Waals surface area contributed by atoms with E-state index in [1.54, 1.807) is 12.3 Å². The number of hydrogen-bond donors (Lipinski definition) is 1. The minimum Gasteiger partial charge on any atom is -0.377 e. The number of nitrogens with one attached hydrogen (secondary N) is 1. The second-order valence-electron chi connectivity index (χ2n) is 6.28. The molecule has 8 nitrogen and oxygen atoms in total. The topological polar surface area (TPSA) is 97.3 Å². The first-order valence-corrected chi connectivity index (χ1v) is 10.1. The van der Waals surface area contributed by atoms with E-state index in [0.29, 0.717) is 30.5 Å². The van der Waals surface area contributed by atoms with Gasteiger partial charge in [0.25, 0.3) is 0 Å². The van der Waals surface area contributed by atoms with Crippen LogP contribution in [-0.2, 0) is 14.6 Å². The van der Waals surface area contributed by atoms with Gasteiger partial charge in [-0.15, -0.1) is 0 Å². The van der Waals surface area contributed by atoms with Crippen molar-refractivity contribution in [1.82, 2.24) is 15.0 Å². The van der Waals surface area contributed by atoms with Crippen LogP contribution in [0.25, 0.3) is 11.0 Å². The Kier molecular flexibility index (Phi) is 4.33. The summed E-state index contributed by atoms with van der Waals surface area (Å²) in [5.74, 6) is 1.15. The van der Waals surface area contributed by atoms with Crippen LogP contribution < -0.4 is 10.2 Å². The lowest BCUT2D eigenvalue weighted by Gasteiger charge is -2.34. The number of anilines is 2. The normalized spacial score (nSPS) is 22.3. The van der Waals surface area contributed by atoms with Gasteiger partial charge in [-0.2, -0.15) is 9.97 Å². The highest BCUT2D eigenvalue weighted by atomic mass is 32.2. The first kappa shape index (κ1) is 16.9. The van der Waals surface area contributed by atoms with Crippen molar-refractivity contribution in [2.24, 2.45) is 0 Å². The van der Waals surface area contributed by atoms with Gasteiger partial charge in [-0.1, -0.05) is 0 Å². The van der Waals surface area contributed by atoms with Crippen molar-refractivity contribution in [1.29, 1.82) is 0 Å². The van der Waals surface area contributed by atoms with Crippen LogP contribution in [0, 0.1) is 0 Å². The molecule has 4 heterocycles. The van der Waals surface area contributed by atoms with Crippen molar-refractivity contribution >= 4 is 32.6 Å². The van der Waals surface area contributed by atoms with Gasteiger partial charge in [-0.25, -0.2) is 13.4 Å². The van der Waals surface area contributed by atoms with E-state index in [2.05, 4.69) is 32.1 Å². The van der Waals surface area contributed by atoms with Crippen LogP contribution in [0.4, 0.5) is 11.8 Å². The quantitative estimate of drug-likeness (QED) is 0.864. The summed E-state index contributed by atoms with van der Waals surface area (Å²) >= 11 is 0. The Morgan fingerprint density at radius 1 is 1.35 bits per heavy atom. The smallest absolute Gasteiger partial charge is 0.231 e. The van der Waals surface area contributed by atoms with Crippen molar-refractivity contribution in [3.8, 4) is 0 Å². The van der Waals surface area contributed by atoms with Crippen LogP contribution in [0.2, 0.25) is 0 Å². The maximum Gasteiger partial charge on any atom is 0.231 e. The molecule has 2 aromatic rings. The number of aromatic nitrogens is 3. The zero-order chi connectivity index (χ0) is 18.1. The molecule has 1 saturated heterocycles. The average molecular weight is 373 g/mol. The minimum absolute atomic E-state index is 0.0367. The summed E-state index contributed by atoms with van der Waals surface area (Å²) in [6.07, 6.45) is 4.82. The highest BCUT2D eigenvalue weighted by Gasteiger charge is 2.23. The summed E-state index contributed by atoms with van der Waals surface area (Å²) in [6.45, 7) is 4.11. The van der Waals surface area contributed by atoms with Crippen molar-refractivity contribution in [2.45, 2.75) is 13.0 Å². The number of hydrogen-bond acceptors (Lipinski definition) is 8. The number of allylic oxidation sites excluding steroid dienone is 1. The molecule has 2 aromatic heterocycles. The molecule has 26 heavy (non-hydrogen) atoms. The second kappa shape index (κ2) is 6.65. The molecule has 0 aliphatic carbocycles. The van der Waals surface area contributed by atoms with Gasteiger partial charge in [0.15, 0.2) is 15.5 Å². The Morgan fingerprint density at radius 2 is 2.23 bits per heavy atom. The Labute approximate surface area is 151 Å². The zero-order valence-corrected chi connectivity index (χ0v) is 15.1. The van der Waals surface area contributed by atoms with Crippen molar-refractivity contribution in [3.63, 3.8) is 0 Å². The molecule has 0 amide bonds. The van der Waals surface area contributed by atoms with Crippen LogP contribution >= 0.6 is 0 Å². The molecule has 1 N–H and O–H groups in total. The Bertz CT molecular complexity index is 1000. The molecule has 0 unspecified atom stereocenters. The molecule has 0 spiro atoms. The van der Waals surface area contributed by atoms with E-state index in [1.165, 1.54) is 11.5 Å². The monoisotopic (exact) mass is 373 g/mol. The summed E-state index contributed by atoms with van der Waals surface area (Å²) in [5, 5.41) is 5.17. The molecule has 0 bridgehead atoms. The molecule has 0 aromatic carbocycles. The van der Waals surface area contributed by atoms with Gasteiger partial charge in [0.05, 0.1) is 30.4 Å². The van der Waals surface area contributed by atoms with E-state index < -0.39 is 9.84 Å². The number of fused-ring (bicyclic) bond motifs is 1. The summed E-state index contributed by atoms with van der Waals surface area (Å²) in [4.78, 5) is 15.7. The molecule has 4 rings (SSSR count). The van der Waals surface area contributed by atoms with Gasteiger partial charge in [0.1, 0.15) is 5.82 Å². The number of rotatable bonds is 3. The predicted molar refractivity (Wildman–Crippen MR) is 99.6 cm³/mol. The molecule has 136 valence electrons. The number of nitrogens with zero attached hydrogens (tertiary/aromatic N) is 4. The van der Waals surface area contributed by atoms with E-state index in [1.807, 2.05) is 12.1 Å². The molecule has 0 saturated carbocycles. The average Bonchev–Trinajstić information content (AvgIpc) is 2.63. The van der Waals surface area contributed by atoms with Gasteiger partial charge < -0.3 is 15.0 Å². The Morgan fingerprint density at radius 3 is 3.00 bits per heavy atom. The molecule has 9 heteroatoms. The molecule has 1 atom stereocenters. The molecule has 1 fully saturated rings. The molecular weight excluding hydrogens is 354 g/mol. The zero-order valence-electron chi connectivity index (χ0n) is 14.3. The van der Waals surface area contributed by atoms with Crippen LogP contribution in [0.1, 0.15) is 6.92 Å². The molecule has 2 aliphatic rings. The standard InChI is InChI=1S/C17H19N5O3S/c1-12-11-25-8-7-22(12)16-14-3-2-6-18-15(14)20-17(21-16)19-13-4-9-26(23,24)10-5-13/h2-6,9,12H,7-8,10-11H2,1H3,(H,18,19,20,21)/t12-/m0/s1. The van der Waals surface area contributed by atoms with Crippen molar-refractivity contribution in [3.05, 3.63) is 41.6 Å². The van der Waals surface area contributed by atoms with E-state index >= 15 is 0 Å². The second-order valence-corrected chi connectivity index (χ2v) is 8.21. The fourth-order valence-corrected chi connectivity index (χ4v) is 3.87. The van der Waals surface area contributed by atoms with E-state index in [-0.39, 0.29) is 11.8 Å². The lowest BCUT2D eigenvalue weighted by Crippen LogP contribution is -2.44. The third-order valence-corrected chi connectivity index (χ3v) is 5.52. The van der Waals surface area contributed by atoms with Gasteiger partial charge in [-0.05, 0) is 31.2 Å². The first-order valence-electron chi connectivity index (χ1n) is 8.37. The lowest BCUT2D eigenvalue weighted by molar-refractivity contribution is 0.0987. The van der Waals surface area contributed by atoms with Crippen LogP contribution in [-0.4, -0.2) is 54.9 Å². The number of pyridine rings is 1. The summed E-state index contributed by atoms with van der Waals surface area (Å²) in [5.41, 5.74) is 1.24. The fraction of sp³-hybridized carbons (Fsp3) is 0.353. The third-order valence-electron chi connectivity index (χ3n) is 4.34. The maximum absolute atomic E-state index is 11.5. The number of morpholine rings is 1. The van der Waals surface area contributed by atoms with Gasteiger partial charge in [-0.3, -0.25) is 0 Å². The van der Waals surface area contributed by atoms with E-state index in [0.717, 1.165) is 17.7 Å².